The molecule has 1 aromatic carbocycles. The summed E-state index contributed by atoms with van der Waals surface area (Å²) in [4.78, 5) is 34.8. The summed E-state index contributed by atoms with van der Waals surface area (Å²) >= 11 is 4.45. The van der Waals surface area contributed by atoms with Gasteiger partial charge < -0.3 is 4.79 Å². The van der Waals surface area contributed by atoms with Gasteiger partial charge in [0.15, 0.2) is 0 Å². The predicted octanol–water partition coefficient (Wildman–Crippen LogP) is 4.22. The Balaban J connectivity index is 0.00000102. The molecule has 0 saturated carbocycles. The molecule has 4 nitrogen and oxygen atoms in total. The third kappa shape index (κ3) is 2.77. The van der Waals surface area contributed by atoms with E-state index < -0.39 is 44.9 Å². The Morgan fingerprint density at radius 1 is 1.07 bits per heavy atom. The Morgan fingerprint density at radius 3 is 2.00 bits per heavy atom. The van der Waals surface area contributed by atoms with Crippen LogP contribution in [0.5, 0.6) is 0 Å². The molecule has 144 valence electrons. The molecule has 0 aromatic heterocycles. The van der Waals surface area contributed by atoms with Crippen LogP contribution in [0.3, 0.4) is 0 Å². The van der Waals surface area contributed by atoms with Gasteiger partial charge in [0, 0.05) is 14.0 Å². The summed E-state index contributed by atoms with van der Waals surface area (Å²) in [5.74, 6) is -1.93. The number of rotatable bonds is 1. The topological polar surface area (TPSA) is 54.5 Å². The number of hydrogen-bond acceptors (Lipinski definition) is 4. The summed E-state index contributed by atoms with van der Waals surface area (Å²) in [5.41, 5.74) is -0.938. The molecule has 1 aromatic rings. The maximum absolute atomic E-state index is 13.2. The number of thioether (sulfide) groups is 1. The normalized spacial score (nSPS) is 33.9. The number of fused-ring (bicyclic) bond motifs is 5. The highest BCUT2D eigenvalue weighted by Gasteiger charge is 2.69. The van der Waals surface area contributed by atoms with Crippen molar-refractivity contribution in [2.75, 3.05) is 4.90 Å². The zero-order chi connectivity index (χ0) is 20.4. The number of carbonyl (C=O) groups is 3. The number of alkyl halides is 3. The Labute approximate surface area is 166 Å². The van der Waals surface area contributed by atoms with Gasteiger partial charge in [0.25, 0.3) is 0 Å². The molecule has 9 heteroatoms. The van der Waals surface area contributed by atoms with Gasteiger partial charge in [-0.15, -0.1) is 11.8 Å². The van der Waals surface area contributed by atoms with Crippen LogP contribution in [-0.2, 0) is 20.6 Å². The van der Waals surface area contributed by atoms with Gasteiger partial charge in [-0.3, -0.25) is 9.59 Å². The van der Waals surface area contributed by atoms with Crippen LogP contribution in [0.1, 0.15) is 19.4 Å². The van der Waals surface area contributed by atoms with Gasteiger partial charge in [0.1, 0.15) is 6.79 Å². The largest absolute Gasteiger partial charge is 0.417 e. The van der Waals surface area contributed by atoms with Gasteiger partial charge in [0.2, 0.25) is 11.8 Å². The van der Waals surface area contributed by atoms with E-state index in [-0.39, 0.29) is 10.2 Å². The third-order valence-electron chi connectivity index (χ3n) is 5.24. The van der Waals surface area contributed by atoms with Gasteiger partial charge in [0.05, 0.1) is 23.1 Å². The monoisotopic (exact) mass is 461 g/mol. The highest BCUT2D eigenvalue weighted by Crippen LogP contribution is 2.66. The molecule has 3 aliphatic rings. The SMILES string of the molecule is C=O.CC12C=CC(C)(S1)[C@H]1C(=O)N(c3ccc(Br)c(C(F)(F)F)c3)C(=O)[C@H]12. The maximum atomic E-state index is 13.2. The average molecular weight is 462 g/mol. The van der Waals surface area contributed by atoms with Gasteiger partial charge in [-0.05, 0) is 32.0 Å². The smallest absolute Gasteiger partial charge is 0.307 e. The highest BCUT2D eigenvalue weighted by molar-refractivity contribution is 9.10. The fraction of sp³-hybridized carbons (Fsp3) is 0.389. The number of halogens is 4. The third-order valence-corrected chi connectivity index (χ3v) is 7.59. The summed E-state index contributed by atoms with van der Waals surface area (Å²) in [5, 5.41) is 0. The van der Waals surface area contributed by atoms with Gasteiger partial charge in [-0.1, -0.05) is 28.1 Å². The summed E-state index contributed by atoms with van der Waals surface area (Å²) in [6.07, 6.45) is -0.697. The number of imide groups is 1. The second-order valence-electron chi connectivity index (χ2n) is 6.93. The van der Waals surface area contributed by atoms with E-state index in [2.05, 4.69) is 15.9 Å². The zero-order valence-corrected chi connectivity index (χ0v) is 16.7. The van der Waals surface area contributed by atoms with E-state index in [0.29, 0.717) is 0 Å². The van der Waals surface area contributed by atoms with E-state index in [1.54, 1.807) is 11.8 Å². The van der Waals surface area contributed by atoms with E-state index in [4.69, 9.17) is 4.79 Å². The predicted molar refractivity (Wildman–Crippen MR) is 99.3 cm³/mol. The quantitative estimate of drug-likeness (QED) is 0.464. The summed E-state index contributed by atoms with van der Waals surface area (Å²) in [7, 11) is 0. The molecule has 0 spiro atoms. The van der Waals surface area contributed by atoms with E-state index in [1.807, 2.05) is 32.8 Å². The Bertz CT molecular complexity index is 838. The van der Waals surface area contributed by atoms with Crippen molar-refractivity contribution < 1.29 is 27.6 Å². The second-order valence-corrected chi connectivity index (χ2v) is 9.75. The molecule has 0 radical (unpaired) electrons. The van der Waals surface area contributed by atoms with Crippen molar-refractivity contribution in [1.29, 1.82) is 0 Å². The molecule has 4 atom stereocenters. The lowest BCUT2D eigenvalue weighted by Crippen LogP contribution is -2.36. The van der Waals surface area contributed by atoms with Gasteiger partial charge in [-0.2, -0.15) is 13.2 Å². The number of anilines is 1. The molecule has 2 bridgehead atoms. The van der Waals surface area contributed by atoms with Crippen LogP contribution >= 0.6 is 27.7 Å². The first-order valence-corrected chi connectivity index (χ1v) is 9.53. The van der Waals surface area contributed by atoms with Crippen LogP contribution in [0.15, 0.2) is 34.8 Å². The fourth-order valence-electron chi connectivity index (χ4n) is 4.16. The molecule has 0 aliphatic carbocycles. The second kappa shape index (κ2) is 6.20. The van der Waals surface area contributed by atoms with E-state index >= 15 is 0 Å². The summed E-state index contributed by atoms with van der Waals surface area (Å²) < 4.78 is 38.4. The number of carbonyl (C=O) groups excluding carboxylic acids is 3. The van der Waals surface area contributed by atoms with Crippen LogP contribution < -0.4 is 4.90 Å². The average Bonchev–Trinajstić information content (AvgIpc) is 3.13. The lowest BCUT2D eigenvalue weighted by molar-refractivity contribution is -0.138. The first-order chi connectivity index (χ1) is 12.5. The highest BCUT2D eigenvalue weighted by atomic mass is 79.9. The van der Waals surface area contributed by atoms with Crippen molar-refractivity contribution in [3.05, 3.63) is 40.4 Å². The Kier molecular flexibility index (Phi) is 4.62. The first-order valence-electron chi connectivity index (χ1n) is 7.92. The van der Waals surface area contributed by atoms with Crippen molar-refractivity contribution in [3.63, 3.8) is 0 Å². The molecular formula is C18H15BrF3NO3S. The van der Waals surface area contributed by atoms with Crippen molar-refractivity contribution in [2.45, 2.75) is 29.5 Å². The minimum Gasteiger partial charge on any atom is -0.307 e. The maximum Gasteiger partial charge on any atom is 0.417 e. The fourth-order valence-corrected chi connectivity index (χ4v) is 6.57. The molecular weight excluding hydrogens is 447 g/mol. The Hall–Kier alpha value is -1.61. The molecule has 27 heavy (non-hydrogen) atoms. The molecule has 2 unspecified atom stereocenters. The van der Waals surface area contributed by atoms with Crippen LogP contribution in [-0.4, -0.2) is 28.1 Å². The molecule has 2 saturated heterocycles. The van der Waals surface area contributed by atoms with Gasteiger partial charge in [-0.25, -0.2) is 4.90 Å². The summed E-state index contributed by atoms with van der Waals surface area (Å²) in [6, 6.07) is 3.44. The van der Waals surface area contributed by atoms with Crippen molar-refractivity contribution in [2.24, 2.45) is 11.8 Å². The van der Waals surface area contributed by atoms with Crippen LogP contribution in [0.25, 0.3) is 0 Å². The minimum atomic E-state index is -4.58. The van der Waals surface area contributed by atoms with Crippen LogP contribution in [0, 0.1) is 11.8 Å². The van der Waals surface area contributed by atoms with Crippen LogP contribution in [0.4, 0.5) is 18.9 Å². The lowest BCUT2D eigenvalue weighted by Gasteiger charge is -2.24. The van der Waals surface area contributed by atoms with Crippen molar-refractivity contribution in [1.82, 2.24) is 0 Å². The first kappa shape index (κ1) is 20.1. The molecule has 3 aliphatic heterocycles. The van der Waals surface area contributed by atoms with E-state index in [1.165, 1.54) is 12.1 Å². The number of benzene rings is 1. The van der Waals surface area contributed by atoms with Crippen molar-refractivity contribution >= 4 is 52.0 Å². The lowest BCUT2D eigenvalue weighted by atomic mass is 9.73. The zero-order valence-electron chi connectivity index (χ0n) is 14.3. The van der Waals surface area contributed by atoms with Gasteiger partial charge >= 0.3 is 6.18 Å². The van der Waals surface area contributed by atoms with E-state index in [9.17, 15) is 22.8 Å². The van der Waals surface area contributed by atoms with Crippen LogP contribution in [0.2, 0.25) is 0 Å². The molecule has 2 fully saturated rings. The molecule has 2 amide bonds. The number of nitrogens with zero attached hydrogens (tertiary/aromatic N) is 1. The van der Waals surface area contributed by atoms with E-state index in [0.717, 1.165) is 11.0 Å². The molecule has 4 rings (SSSR count). The molecule has 0 N–H and O–H groups in total. The number of amides is 2. The van der Waals surface area contributed by atoms with Crippen molar-refractivity contribution in [3.8, 4) is 0 Å². The molecule has 3 heterocycles. The Morgan fingerprint density at radius 2 is 1.56 bits per heavy atom. The number of hydrogen-bond donors (Lipinski definition) is 0. The summed E-state index contributed by atoms with van der Waals surface area (Å²) in [6.45, 7) is 5.81. The minimum absolute atomic E-state index is 0.0310. The standard InChI is InChI=1S/C17H13BrF3NO2S.CH2O/c1-15-5-6-16(2,25-15)12-11(15)13(23)22(14(12)24)8-3-4-10(18)9(7-8)17(19,20)21;1-2/h3-7,11-12H,1-2H3;1H2/t11-,12+,15?,16?;.